The number of carbonyl (C=O) groups is 3. The first kappa shape index (κ1) is 20.6. The van der Waals surface area contributed by atoms with Gasteiger partial charge in [-0.05, 0) is 36.9 Å². The zero-order valence-electron chi connectivity index (χ0n) is 15.8. The highest BCUT2D eigenvalue weighted by Crippen LogP contribution is 2.22. The summed E-state index contributed by atoms with van der Waals surface area (Å²) < 4.78 is 0. The quantitative estimate of drug-likeness (QED) is 0.731. The van der Waals surface area contributed by atoms with Gasteiger partial charge in [0.15, 0.2) is 0 Å². The SMILES string of the molecule is CCC(C)NC(=O)CCNC(=O)c1ccccc1N(C)C(=O)c1cccs1. The normalized spacial score (nSPS) is 11.5. The predicted molar refractivity (Wildman–Crippen MR) is 108 cm³/mol. The molecule has 1 aromatic carbocycles. The van der Waals surface area contributed by atoms with Crippen molar-refractivity contribution in [3.8, 4) is 0 Å². The minimum Gasteiger partial charge on any atom is -0.354 e. The lowest BCUT2D eigenvalue weighted by atomic mass is 10.1. The van der Waals surface area contributed by atoms with Crippen LogP contribution in [0.4, 0.5) is 5.69 Å². The number of hydrogen-bond donors (Lipinski definition) is 2. The highest BCUT2D eigenvalue weighted by molar-refractivity contribution is 7.12. The van der Waals surface area contributed by atoms with Gasteiger partial charge in [0, 0.05) is 26.1 Å². The summed E-state index contributed by atoms with van der Waals surface area (Å²) in [6.07, 6.45) is 1.07. The van der Waals surface area contributed by atoms with Crippen molar-refractivity contribution in [3.05, 3.63) is 52.2 Å². The summed E-state index contributed by atoms with van der Waals surface area (Å²) >= 11 is 1.36. The first-order valence-corrected chi connectivity index (χ1v) is 9.80. The molecular formula is C20H25N3O3S. The molecule has 1 atom stereocenters. The lowest BCUT2D eigenvalue weighted by Crippen LogP contribution is -2.35. The summed E-state index contributed by atoms with van der Waals surface area (Å²) in [6, 6.07) is 10.6. The number of nitrogens with zero attached hydrogens (tertiary/aromatic N) is 1. The Bertz CT molecular complexity index is 790. The predicted octanol–water partition coefficient (Wildman–Crippen LogP) is 3.06. The Hall–Kier alpha value is -2.67. The fourth-order valence-electron chi connectivity index (χ4n) is 2.47. The van der Waals surface area contributed by atoms with Gasteiger partial charge in [-0.15, -0.1) is 11.3 Å². The minimum absolute atomic E-state index is 0.0945. The molecule has 27 heavy (non-hydrogen) atoms. The van der Waals surface area contributed by atoms with Crippen molar-refractivity contribution in [2.75, 3.05) is 18.5 Å². The number of benzene rings is 1. The van der Waals surface area contributed by atoms with Crippen LogP contribution in [0.15, 0.2) is 41.8 Å². The van der Waals surface area contributed by atoms with Gasteiger partial charge in [-0.3, -0.25) is 14.4 Å². The molecule has 1 aromatic heterocycles. The smallest absolute Gasteiger partial charge is 0.268 e. The molecule has 3 amide bonds. The van der Waals surface area contributed by atoms with E-state index in [1.54, 1.807) is 37.4 Å². The van der Waals surface area contributed by atoms with E-state index in [1.807, 2.05) is 25.3 Å². The van der Waals surface area contributed by atoms with Crippen LogP contribution in [-0.2, 0) is 4.79 Å². The average Bonchev–Trinajstić information content (AvgIpc) is 3.21. The standard InChI is InChI=1S/C20H25N3O3S/c1-4-14(2)22-18(24)11-12-21-19(25)15-8-5-6-9-16(15)23(3)20(26)17-10-7-13-27-17/h5-10,13-14H,4,11-12H2,1-3H3,(H,21,25)(H,22,24). The molecule has 0 spiro atoms. The zero-order valence-corrected chi connectivity index (χ0v) is 16.6. The van der Waals surface area contributed by atoms with Crippen LogP contribution < -0.4 is 15.5 Å². The van der Waals surface area contributed by atoms with E-state index < -0.39 is 0 Å². The number of para-hydroxylation sites is 1. The molecule has 7 heteroatoms. The molecule has 0 fully saturated rings. The van der Waals surface area contributed by atoms with Gasteiger partial charge in [-0.1, -0.05) is 25.1 Å². The Balaban J connectivity index is 2.01. The first-order chi connectivity index (χ1) is 12.9. The molecular weight excluding hydrogens is 362 g/mol. The highest BCUT2D eigenvalue weighted by atomic mass is 32.1. The van der Waals surface area contributed by atoms with E-state index in [0.717, 1.165) is 6.42 Å². The molecule has 0 aliphatic heterocycles. The van der Waals surface area contributed by atoms with Crippen molar-refractivity contribution in [1.29, 1.82) is 0 Å². The topological polar surface area (TPSA) is 78.5 Å². The van der Waals surface area contributed by atoms with Crippen LogP contribution in [0.1, 0.15) is 46.7 Å². The number of carbonyl (C=O) groups excluding carboxylic acids is 3. The van der Waals surface area contributed by atoms with Crippen molar-refractivity contribution in [3.63, 3.8) is 0 Å². The lowest BCUT2D eigenvalue weighted by molar-refractivity contribution is -0.121. The van der Waals surface area contributed by atoms with E-state index in [9.17, 15) is 14.4 Å². The molecule has 0 aliphatic rings. The maximum absolute atomic E-state index is 12.6. The Morgan fingerprint density at radius 1 is 1.15 bits per heavy atom. The summed E-state index contributed by atoms with van der Waals surface area (Å²) in [5.74, 6) is -0.575. The van der Waals surface area contributed by atoms with Crippen LogP contribution in [0.3, 0.4) is 0 Å². The number of hydrogen-bond acceptors (Lipinski definition) is 4. The van der Waals surface area contributed by atoms with Crippen LogP contribution >= 0.6 is 11.3 Å². The third kappa shape index (κ3) is 5.65. The van der Waals surface area contributed by atoms with E-state index in [0.29, 0.717) is 16.1 Å². The van der Waals surface area contributed by atoms with Gasteiger partial charge in [0.1, 0.15) is 0 Å². The Kier molecular flexibility index (Phi) is 7.55. The van der Waals surface area contributed by atoms with Crippen LogP contribution in [-0.4, -0.2) is 37.4 Å². The van der Waals surface area contributed by atoms with E-state index in [1.165, 1.54) is 16.2 Å². The van der Waals surface area contributed by atoms with Crippen molar-refractivity contribution in [2.24, 2.45) is 0 Å². The van der Waals surface area contributed by atoms with E-state index in [2.05, 4.69) is 10.6 Å². The Labute approximate surface area is 163 Å². The second kappa shape index (κ2) is 9.87. The molecule has 2 aromatic rings. The van der Waals surface area contributed by atoms with Crippen molar-refractivity contribution >= 4 is 34.7 Å². The molecule has 6 nitrogen and oxygen atoms in total. The molecule has 0 aliphatic carbocycles. The van der Waals surface area contributed by atoms with Crippen LogP contribution in [0.25, 0.3) is 0 Å². The summed E-state index contributed by atoms with van der Waals surface area (Å²) in [4.78, 5) is 39.0. The third-order valence-electron chi connectivity index (χ3n) is 4.20. The maximum atomic E-state index is 12.6. The molecule has 0 radical (unpaired) electrons. The van der Waals surface area contributed by atoms with Gasteiger partial charge < -0.3 is 15.5 Å². The number of rotatable bonds is 8. The summed E-state index contributed by atoms with van der Waals surface area (Å²) in [7, 11) is 1.65. The van der Waals surface area contributed by atoms with Crippen molar-refractivity contribution in [2.45, 2.75) is 32.7 Å². The van der Waals surface area contributed by atoms with Gasteiger partial charge >= 0.3 is 0 Å². The number of anilines is 1. The largest absolute Gasteiger partial charge is 0.354 e. The van der Waals surface area contributed by atoms with Crippen molar-refractivity contribution in [1.82, 2.24) is 10.6 Å². The van der Waals surface area contributed by atoms with Crippen molar-refractivity contribution < 1.29 is 14.4 Å². The molecule has 1 unspecified atom stereocenters. The maximum Gasteiger partial charge on any atom is 0.268 e. The number of thiophene rings is 1. The lowest BCUT2D eigenvalue weighted by Gasteiger charge is -2.20. The zero-order chi connectivity index (χ0) is 19.8. The molecule has 2 rings (SSSR count). The second-order valence-electron chi connectivity index (χ2n) is 6.24. The monoisotopic (exact) mass is 387 g/mol. The average molecular weight is 388 g/mol. The summed E-state index contributed by atoms with van der Waals surface area (Å²) in [6.45, 7) is 4.17. The minimum atomic E-state index is -0.312. The fourth-order valence-corrected chi connectivity index (χ4v) is 3.17. The van der Waals surface area contributed by atoms with Gasteiger partial charge in [0.2, 0.25) is 5.91 Å². The van der Waals surface area contributed by atoms with E-state index in [-0.39, 0.29) is 36.7 Å². The number of amides is 3. The molecule has 1 heterocycles. The second-order valence-corrected chi connectivity index (χ2v) is 7.19. The van der Waals surface area contributed by atoms with E-state index in [4.69, 9.17) is 0 Å². The highest BCUT2D eigenvalue weighted by Gasteiger charge is 2.20. The summed E-state index contributed by atoms with van der Waals surface area (Å²) in [5, 5.41) is 7.45. The Morgan fingerprint density at radius 2 is 1.89 bits per heavy atom. The van der Waals surface area contributed by atoms with Crippen LogP contribution in [0, 0.1) is 0 Å². The Morgan fingerprint density at radius 3 is 2.56 bits per heavy atom. The van der Waals surface area contributed by atoms with Gasteiger partial charge in [-0.2, -0.15) is 0 Å². The molecule has 0 saturated heterocycles. The third-order valence-corrected chi connectivity index (χ3v) is 5.06. The van der Waals surface area contributed by atoms with Gasteiger partial charge in [0.25, 0.3) is 11.8 Å². The molecule has 144 valence electrons. The van der Waals surface area contributed by atoms with Crippen LogP contribution in [0.2, 0.25) is 0 Å². The first-order valence-electron chi connectivity index (χ1n) is 8.92. The fraction of sp³-hybridized carbons (Fsp3) is 0.350. The van der Waals surface area contributed by atoms with E-state index >= 15 is 0 Å². The van der Waals surface area contributed by atoms with Gasteiger partial charge in [0.05, 0.1) is 16.1 Å². The molecule has 2 N–H and O–H groups in total. The molecule has 0 bridgehead atoms. The summed E-state index contributed by atoms with van der Waals surface area (Å²) in [5.41, 5.74) is 0.921. The van der Waals surface area contributed by atoms with Gasteiger partial charge in [-0.25, -0.2) is 0 Å². The molecule has 0 saturated carbocycles. The number of nitrogens with one attached hydrogen (secondary N) is 2. The van der Waals surface area contributed by atoms with Crippen LogP contribution in [0.5, 0.6) is 0 Å².